The molecule has 2 N–H and O–H groups in total. The molecule has 0 saturated heterocycles. The summed E-state index contributed by atoms with van der Waals surface area (Å²) in [5.41, 5.74) is -1.72. The van der Waals surface area contributed by atoms with E-state index < -0.39 is 34.1 Å². The van der Waals surface area contributed by atoms with Crippen molar-refractivity contribution in [2.24, 2.45) is 0 Å². The van der Waals surface area contributed by atoms with Crippen LogP contribution in [0.25, 0.3) is 0 Å². The summed E-state index contributed by atoms with van der Waals surface area (Å²) in [7, 11) is 0. The highest BCUT2D eigenvalue weighted by atomic mass is 19.4. The van der Waals surface area contributed by atoms with E-state index in [1.165, 1.54) is 5.32 Å². The first-order chi connectivity index (χ1) is 7.73. The molecule has 0 fully saturated rings. The minimum atomic E-state index is -5.20. The highest BCUT2D eigenvalue weighted by Crippen LogP contribution is 2.34. The molecule has 0 aliphatic carbocycles. The SMILES string of the molecule is O=C(Nc1c(O)cccc1[N+](=O)[O-])C(F)(F)F. The molecule has 9 heteroatoms. The lowest BCUT2D eigenvalue weighted by Crippen LogP contribution is -2.30. The number of alkyl halides is 3. The molecule has 1 rings (SSSR count). The molecule has 1 aromatic carbocycles. The maximum atomic E-state index is 11.9. The maximum Gasteiger partial charge on any atom is 0.471 e. The summed E-state index contributed by atoms with van der Waals surface area (Å²) in [5.74, 6) is -3.22. The highest BCUT2D eigenvalue weighted by Gasteiger charge is 2.40. The molecule has 0 atom stereocenters. The number of phenolic OH excluding ortho intramolecular Hbond substituents is 1. The van der Waals surface area contributed by atoms with Gasteiger partial charge in [-0.05, 0) is 6.07 Å². The van der Waals surface area contributed by atoms with Gasteiger partial charge in [0.25, 0.3) is 5.69 Å². The summed E-state index contributed by atoms with van der Waals surface area (Å²) in [6.07, 6.45) is -5.20. The molecule has 92 valence electrons. The summed E-state index contributed by atoms with van der Waals surface area (Å²) in [6, 6.07) is 2.83. The number of halogens is 3. The van der Waals surface area contributed by atoms with Crippen LogP contribution in [0.3, 0.4) is 0 Å². The number of para-hydroxylation sites is 1. The number of amides is 1. The molecule has 0 unspecified atom stereocenters. The van der Waals surface area contributed by atoms with Crippen molar-refractivity contribution in [3.05, 3.63) is 28.3 Å². The molecule has 0 saturated carbocycles. The summed E-state index contributed by atoms with van der Waals surface area (Å²) < 4.78 is 35.8. The second kappa shape index (κ2) is 4.28. The van der Waals surface area contributed by atoms with Crippen LogP contribution in [0.15, 0.2) is 18.2 Å². The number of anilines is 1. The zero-order chi connectivity index (χ0) is 13.2. The first kappa shape index (κ1) is 12.7. The zero-order valence-electron chi connectivity index (χ0n) is 7.99. The quantitative estimate of drug-likeness (QED) is 0.475. The van der Waals surface area contributed by atoms with E-state index in [2.05, 4.69) is 0 Å². The number of nitrogens with one attached hydrogen (secondary N) is 1. The number of hydrogen-bond acceptors (Lipinski definition) is 4. The van der Waals surface area contributed by atoms with Gasteiger partial charge in [0.15, 0.2) is 5.69 Å². The van der Waals surface area contributed by atoms with Crippen LogP contribution < -0.4 is 5.32 Å². The van der Waals surface area contributed by atoms with E-state index in [4.69, 9.17) is 5.11 Å². The average molecular weight is 250 g/mol. The molecule has 1 aromatic rings. The molecule has 0 aromatic heterocycles. The van der Waals surface area contributed by atoms with Crippen molar-refractivity contribution < 1.29 is 28.0 Å². The first-order valence-electron chi connectivity index (χ1n) is 4.08. The van der Waals surface area contributed by atoms with E-state index in [1.54, 1.807) is 0 Å². The Kier molecular flexibility index (Phi) is 3.21. The van der Waals surface area contributed by atoms with Crippen LogP contribution in [0.1, 0.15) is 0 Å². The maximum absolute atomic E-state index is 11.9. The van der Waals surface area contributed by atoms with Crippen molar-refractivity contribution in [2.45, 2.75) is 6.18 Å². The molecule has 6 nitrogen and oxygen atoms in total. The second-order valence-electron chi connectivity index (χ2n) is 2.88. The third kappa shape index (κ3) is 2.83. The Labute approximate surface area is 91.8 Å². The molecule has 17 heavy (non-hydrogen) atoms. The van der Waals surface area contributed by atoms with Crippen LogP contribution in [0, 0.1) is 10.1 Å². The fourth-order valence-electron chi connectivity index (χ4n) is 0.993. The van der Waals surface area contributed by atoms with Crippen molar-refractivity contribution in [1.29, 1.82) is 0 Å². The van der Waals surface area contributed by atoms with Gasteiger partial charge in [0.2, 0.25) is 0 Å². The molecule has 0 spiro atoms. The Morgan fingerprint density at radius 3 is 2.47 bits per heavy atom. The van der Waals surface area contributed by atoms with E-state index in [0.717, 1.165) is 18.2 Å². The van der Waals surface area contributed by atoms with Crippen LogP contribution in [0.5, 0.6) is 5.75 Å². The lowest BCUT2D eigenvalue weighted by Gasteiger charge is -2.09. The molecule has 1 amide bonds. The van der Waals surface area contributed by atoms with Crippen molar-refractivity contribution in [3.63, 3.8) is 0 Å². The fraction of sp³-hybridized carbons (Fsp3) is 0.125. The minimum absolute atomic E-state index is 0.822. The van der Waals surface area contributed by atoms with Crippen molar-refractivity contribution >= 4 is 17.3 Å². The predicted octanol–water partition coefficient (Wildman–Crippen LogP) is 1.80. The Balaban J connectivity index is 3.14. The normalized spacial score (nSPS) is 11.0. The molecular formula is C8H5F3N2O4. The van der Waals surface area contributed by atoms with Gasteiger partial charge in [-0.1, -0.05) is 6.07 Å². The Morgan fingerprint density at radius 1 is 1.41 bits per heavy atom. The van der Waals surface area contributed by atoms with Gasteiger partial charge < -0.3 is 10.4 Å². The topological polar surface area (TPSA) is 92.5 Å². The van der Waals surface area contributed by atoms with Gasteiger partial charge in [-0.3, -0.25) is 14.9 Å². The minimum Gasteiger partial charge on any atom is -0.505 e. The van der Waals surface area contributed by atoms with Gasteiger partial charge >= 0.3 is 12.1 Å². The largest absolute Gasteiger partial charge is 0.505 e. The molecule has 0 heterocycles. The number of carbonyl (C=O) groups excluding carboxylic acids is 1. The van der Waals surface area contributed by atoms with E-state index in [-0.39, 0.29) is 0 Å². The first-order valence-corrected chi connectivity index (χ1v) is 4.08. The predicted molar refractivity (Wildman–Crippen MR) is 49.4 cm³/mol. The average Bonchev–Trinajstić information content (AvgIpc) is 2.18. The number of carbonyl (C=O) groups is 1. The van der Waals surface area contributed by atoms with Gasteiger partial charge in [-0.25, -0.2) is 0 Å². The standard InChI is InChI=1S/C8H5F3N2O4/c9-8(10,11)7(15)12-6-4(13(16)17)2-1-3-5(6)14/h1-3,14H,(H,12,15). The fourth-order valence-corrected chi connectivity index (χ4v) is 0.993. The van der Waals surface area contributed by atoms with E-state index in [1.807, 2.05) is 0 Å². The smallest absolute Gasteiger partial charge is 0.471 e. The van der Waals surface area contributed by atoms with Gasteiger partial charge in [0.05, 0.1) is 4.92 Å². The van der Waals surface area contributed by atoms with E-state index in [0.29, 0.717) is 0 Å². The van der Waals surface area contributed by atoms with Gasteiger partial charge in [-0.2, -0.15) is 13.2 Å². The molecular weight excluding hydrogens is 245 g/mol. The summed E-state index contributed by atoms with van der Waals surface area (Å²) in [5, 5.41) is 20.9. The number of hydrogen-bond donors (Lipinski definition) is 2. The molecule has 0 aliphatic rings. The van der Waals surface area contributed by atoms with Crippen LogP contribution in [-0.2, 0) is 4.79 Å². The van der Waals surface area contributed by atoms with Gasteiger partial charge in [0, 0.05) is 6.07 Å². The van der Waals surface area contributed by atoms with Crippen LogP contribution in [-0.4, -0.2) is 22.1 Å². The van der Waals surface area contributed by atoms with Crippen LogP contribution in [0.2, 0.25) is 0 Å². The Morgan fingerprint density at radius 2 is 2.00 bits per heavy atom. The molecule has 0 radical (unpaired) electrons. The summed E-state index contributed by atoms with van der Waals surface area (Å²) in [6.45, 7) is 0. The highest BCUT2D eigenvalue weighted by molar-refractivity contribution is 5.98. The number of nitrogens with zero attached hydrogens (tertiary/aromatic N) is 1. The molecule has 0 bridgehead atoms. The zero-order valence-corrected chi connectivity index (χ0v) is 7.99. The second-order valence-corrected chi connectivity index (χ2v) is 2.88. The number of benzene rings is 1. The summed E-state index contributed by atoms with van der Waals surface area (Å²) in [4.78, 5) is 20.0. The lowest BCUT2D eigenvalue weighted by molar-refractivity contribution is -0.384. The number of nitro benzene ring substituents is 1. The van der Waals surface area contributed by atoms with Crippen molar-refractivity contribution in [3.8, 4) is 5.75 Å². The van der Waals surface area contributed by atoms with Crippen molar-refractivity contribution in [2.75, 3.05) is 5.32 Å². The number of aromatic hydroxyl groups is 1. The summed E-state index contributed by atoms with van der Waals surface area (Å²) >= 11 is 0. The third-order valence-electron chi connectivity index (χ3n) is 1.71. The molecule has 0 aliphatic heterocycles. The Hall–Kier alpha value is -2.32. The third-order valence-corrected chi connectivity index (χ3v) is 1.71. The van der Waals surface area contributed by atoms with E-state index >= 15 is 0 Å². The number of rotatable bonds is 2. The number of phenols is 1. The van der Waals surface area contributed by atoms with Gasteiger partial charge in [0.1, 0.15) is 5.75 Å². The van der Waals surface area contributed by atoms with Crippen LogP contribution in [0.4, 0.5) is 24.5 Å². The monoisotopic (exact) mass is 250 g/mol. The van der Waals surface area contributed by atoms with Crippen LogP contribution >= 0.6 is 0 Å². The lowest BCUT2D eigenvalue weighted by atomic mass is 10.2. The van der Waals surface area contributed by atoms with E-state index in [9.17, 15) is 28.1 Å². The van der Waals surface area contributed by atoms with Gasteiger partial charge in [-0.15, -0.1) is 0 Å². The Bertz CT molecular complexity index is 472. The van der Waals surface area contributed by atoms with Crippen molar-refractivity contribution in [1.82, 2.24) is 0 Å². The number of nitro groups is 1.